The number of fused-ring (bicyclic) bond motifs is 1. The van der Waals surface area contributed by atoms with Gasteiger partial charge in [-0.3, -0.25) is 0 Å². The molecule has 0 saturated carbocycles. The van der Waals surface area contributed by atoms with E-state index >= 15 is 0 Å². The lowest BCUT2D eigenvalue weighted by Crippen LogP contribution is -2.04. The summed E-state index contributed by atoms with van der Waals surface area (Å²) in [5.41, 5.74) is 3.58. The van der Waals surface area contributed by atoms with E-state index in [0.717, 1.165) is 24.8 Å². The molecule has 0 bridgehead atoms. The largest absolute Gasteiger partial charge is 0.507 e. The quantitative estimate of drug-likeness (QED) is 0.782. The van der Waals surface area contributed by atoms with Crippen molar-refractivity contribution < 1.29 is 5.11 Å². The summed E-state index contributed by atoms with van der Waals surface area (Å²) in [4.78, 5) is 0. The Labute approximate surface area is 91.4 Å². The Morgan fingerprint density at radius 1 is 1.20 bits per heavy atom. The summed E-state index contributed by atoms with van der Waals surface area (Å²) >= 11 is 0. The summed E-state index contributed by atoms with van der Waals surface area (Å²) in [6.45, 7) is 2.19. The molecule has 0 spiro atoms. The minimum atomic E-state index is 0.547. The molecule has 0 atom stereocenters. The van der Waals surface area contributed by atoms with E-state index in [1.165, 1.54) is 24.0 Å². The van der Waals surface area contributed by atoms with E-state index in [-0.39, 0.29) is 0 Å². The van der Waals surface area contributed by atoms with Gasteiger partial charge in [-0.25, -0.2) is 0 Å². The third-order valence-electron chi connectivity index (χ3n) is 3.14. The highest BCUT2D eigenvalue weighted by molar-refractivity contribution is 5.67. The van der Waals surface area contributed by atoms with Crippen LogP contribution < -0.4 is 0 Å². The van der Waals surface area contributed by atoms with Gasteiger partial charge in [0.15, 0.2) is 0 Å². The highest BCUT2D eigenvalue weighted by atomic mass is 16.3. The van der Waals surface area contributed by atoms with E-state index in [2.05, 4.69) is 13.0 Å². The number of hydrogen-bond acceptors (Lipinski definition) is 1. The first-order valence-corrected chi connectivity index (χ1v) is 5.82. The standard InChI is InChI=1S/C14H18O/c1-2-3-6-12-10-9-11-7-4-5-8-13(11)14(12)15/h4-5,7-8,15H,2-3,6,9-10H2,1H3. The molecule has 0 heterocycles. The first-order valence-electron chi connectivity index (χ1n) is 5.82. The number of allylic oxidation sites excluding steroid dienone is 1. The van der Waals surface area contributed by atoms with Gasteiger partial charge in [0.05, 0.1) is 0 Å². The van der Waals surface area contributed by atoms with Gasteiger partial charge < -0.3 is 5.11 Å². The second kappa shape index (κ2) is 4.52. The maximum absolute atomic E-state index is 10.1. The van der Waals surface area contributed by atoms with Crippen LogP contribution in [0.15, 0.2) is 29.8 Å². The maximum Gasteiger partial charge on any atom is 0.122 e. The van der Waals surface area contributed by atoms with Crippen LogP contribution in [0.5, 0.6) is 0 Å². The van der Waals surface area contributed by atoms with E-state index < -0.39 is 0 Å². The second-order valence-corrected chi connectivity index (χ2v) is 4.21. The topological polar surface area (TPSA) is 20.2 Å². The molecule has 0 saturated heterocycles. The summed E-state index contributed by atoms with van der Waals surface area (Å²) in [7, 11) is 0. The number of benzene rings is 1. The van der Waals surface area contributed by atoms with E-state index in [1.807, 2.05) is 18.2 Å². The molecule has 1 aliphatic carbocycles. The average Bonchev–Trinajstić information content (AvgIpc) is 2.29. The highest BCUT2D eigenvalue weighted by Gasteiger charge is 2.16. The van der Waals surface area contributed by atoms with Crippen LogP contribution in [0.4, 0.5) is 0 Å². The van der Waals surface area contributed by atoms with Crippen LogP contribution in [0.1, 0.15) is 43.7 Å². The van der Waals surface area contributed by atoms with Gasteiger partial charge >= 0.3 is 0 Å². The lowest BCUT2D eigenvalue weighted by molar-refractivity contribution is 0.493. The van der Waals surface area contributed by atoms with Crippen molar-refractivity contribution in [2.75, 3.05) is 0 Å². The Kier molecular flexibility index (Phi) is 3.10. The smallest absolute Gasteiger partial charge is 0.122 e. The minimum Gasteiger partial charge on any atom is -0.507 e. The fourth-order valence-corrected chi connectivity index (χ4v) is 2.20. The van der Waals surface area contributed by atoms with Crippen LogP contribution in [0, 0.1) is 0 Å². The maximum atomic E-state index is 10.1. The van der Waals surface area contributed by atoms with E-state index in [1.54, 1.807) is 0 Å². The van der Waals surface area contributed by atoms with Crippen LogP contribution in [0.25, 0.3) is 5.76 Å². The van der Waals surface area contributed by atoms with Gasteiger partial charge in [0.25, 0.3) is 0 Å². The Balaban J connectivity index is 2.28. The van der Waals surface area contributed by atoms with Crippen molar-refractivity contribution in [2.45, 2.75) is 39.0 Å². The number of aryl methyl sites for hydroxylation is 1. The van der Waals surface area contributed by atoms with E-state index in [0.29, 0.717) is 5.76 Å². The van der Waals surface area contributed by atoms with Crippen molar-refractivity contribution in [3.63, 3.8) is 0 Å². The SMILES string of the molecule is CCCCC1=C(O)c2ccccc2CC1. The van der Waals surface area contributed by atoms with Crippen molar-refractivity contribution in [3.8, 4) is 0 Å². The van der Waals surface area contributed by atoms with Crippen LogP contribution in [-0.2, 0) is 6.42 Å². The second-order valence-electron chi connectivity index (χ2n) is 4.21. The van der Waals surface area contributed by atoms with Gasteiger partial charge in [0.2, 0.25) is 0 Å². The van der Waals surface area contributed by atoms with Crippen LogP contribution >= 0.6 is 0 Å². The lowest BCUT2D eigenvalue weighted by atomic mass is 9.88. The number of aliphatic hydroxyl groups excluding tert-OH is 1. The zero-order chi connectivity index (χ0) is 10.7. The first-order chi connectivity index (χ1) is 7.33. The lowest BCUT2D eigenvalue weighted by Gasteiger charge is -2.19. The van der Waals surface area contributed by atoms with Gasteiger partial charge in [0, 0.05) is 5.56 Å². The number of aliphatic hydroxyl groups is 1. The predicted molar refractivity (Wildman–Crippen MR) is 63.8 cm³/mol. The van der Waals surface area contributed by atoms with Gasteiger partial charge in [0.1, 0.15) is 5.76 Å². The predicted octanol–water partition coefficient (Wildman–Crippen LogP) is 4.09. The molecule has 0 aromatic heterocycles. The fraction of sp³-hybridized carbons (Fsp3) is 0.429. The minimum absolute atomic E-state index is 0.547. The monoisotopic (exact) mass is 202 g/mol. The molecule has 1 heteroatoms. The molecule has 0 radical (unpaired) electrons. The molecule has 0 aliphatic heterocycles. The Bertz CT molecular complexity index is 377. The average molecular weight is 202 g/mol. The van der Waals surface area contributed by atoms with Gasteiger partial charge in [-0.1, -0.05) is 37.6 Å². The summed E-state index contributed by atoms with van der Waals surface area (Å²) < 4.78 is 0. The molecule has 1 aromatic carbocycles. The summed E-state index contributed by atoms with van der Waals surface area (Å²) in [6.07, 6.45) is 5.54. The molecule has 0 amide bonds. The zero-order valence-corrected chi connectivity index (χ0v) is 9.29. The molecular formula is C14H18O. The Hall–Kier alpha value is -1.24. The zero-order valence-electron chi connectivity index (χ0n) is 9.29. The molecule has 1 aliphatic rings. The molecule has 1 aromatic rings. The third kappa shape index (κ3) is 2.06. The van der Waals surface area contributed by atoms with Crippen LogP contribution in [-0.4, -0.2) is 5.11 Å². The Morgan fingerprint density at radius 2 is 2.00 bits per heavy atom. The summed E-state index contributed by atoms with van der Waals surface area (Å²) in [5, 5.41) is 10.1. The van der Waals surface area contributed by atoms with Crippen molar-refractivity contribution in [1.29, 1.82) is 0 Å². The molecule has 0 fully saturated rings. The molecule has 1 nitrogen and oxygen atoms in total. The molecule has 1 N–H and O–H groups in total. The van der Waals surface area contributed by atoms with Crippen LogP contribution in [0.2, 0.25) is 0 Å². The number of rotatable bonds is 3. The first kappa shape index (κ1) is 10.3. The summed E-state index contributed by atoms with van der Waals surface area (Å²) in [6, 6.07) is 8.18. The van der Waals surface area contributed by atoms with Crippen molar-refractivity contribution in [3.05, 3.63) is 41.0 Å². The van der Waals surface area contributed by atoms with Gasteiger partial charge in [-0.15, -0.1) is 0 Å². The van der Waals surface area contributed by atoms with Crippen molar-refractivity contribution in [2.24, 2.45) is 0 Å². The molecular weight excluding hydrogens is 184 g/mol. The van der Waals surface area contributed by atoms with E-state index in [4.69, 9.17) is 0 Å². The van der Waals surface area contributed by atoms with Crippen molar-refractivity contribution >= 4 is 5.76 Å². The molecule has 0 unspecified atom stereocenters. The highest BCUT2D eigenvalue weighted by Crippen LogP contribution is 2.31. The Morgan fingerprint density at radius 3 is 2.80 bits per heavy atom. The molecule has 15 heavy (non-hydrogen) atoms. The summed E-state index contributed by atoms with van der Waals surface area (Å²) in [5.74, 6) is 0.547. The number of hydrogen-bond donors (Lipinski definition) is 1. The van der Waals surface area contributed by atoms with Crippen LogP contribution in [0.3, 0.4) is 0 Å². The normalized spacial score (nSPS) is 15.3. The number of unbranched alkanes of at least 4 members (excludes halogenated alkanes) is 1. The van der Waals surface area contributed by atoms with Crippen molar-refractivity contribution in [1.82, 2.24) is 0 Å². The van der Waals surface area contributed by atoms with Gasteiger partial charge in [-0.05, 0) is 36.8 Å². The fourth-order valence-electron chi connectivity index (χ4n) is 2.20. The third-order valence-corrected chi connectivity index (χ3v) is 3.14. The molecule has 2 rings (SSSR count). The van der Waals surface area contributed by atoms with E-state index in [9.17, 15) is 5.11 Å². The molecule has 80 valence electrons. The van der Waals surface area contributed by atoms with Gasteiger partial charge in [-0.2, -0.15) is 0 Å².